The maximum atomic E-state index is 5.83. The molecule has 6 heteroatoms. The molecule has 0 spiro atoms. The largest absolute Gasteiger partial charge is 0.496 e. The Morgan fingerprint density at radius 3 is 2.35 bits per heavy atom. The third-order valence-corrected chi connectivity index (χ3v) is 3.64. The van der Waals surface area contributed by atoms with Gasteiger partial charge in [0.05, 0.1) is 19.7 Å². The Labute approximate surface area is 119 Å². The van der Waals surface area contributed by atoms with Crippen LogP contribution < -0.4 is 14.2 Å². The Morgan fingerprint density at radius 2 is 1.65 bits per heavy atom. The summed E-state index contributed by atoms with van der Waals surface area (Å²) in [6, 6.07) is 7.28. The molecule has 0 N–H and O–H groups in total. The molecule has 3 aromatic rings. The van der Waals surface area contributed by atoms with Crippen LogP contribution in [0.3, 0.4) is 0 Å². The molecule has 5 nitrogen and oxygen atoms in total. The molecule has 0 saturated heterocycles. The molecule has 0 unspecified atom stereocenters. The molecular weight excluding hydrogens is 276 g/mol. The van der Waals surface area contributed by atoms with Gasteiger partial charge < -0.3 is 14.2 Å². The smallest absolute Gasteiger partial charge is 0.240 e. The number of rotatable bonds is 4. The van der Waals surface area contributed by atoms with Crippen molar-refractivity contribution >= 4 is 21.6 Å². The monoisotopic (exact) mass is 288 g/mol. The van der Waals surface area contributed by atoms with E-state index in [1.54, 1.807) is 43.8 Å². The molecule has 102 valence electrons. The molecule has 0 aliphatic carbocycles. The van der Waals surface area contributed by atoms with Crippen LogP contribution in [0.4, 0.5) is 0 Å². The number of hydrogen-bond acceptors (Lipinski definition) is 6. The quantitative estimate of drug-likeness (QED) is 0.735. The lowest BCUT2D eigenvalue weighted by Crippen LogP contribution is -1.92. The molecule has 3 rings (SSSR count). The number of thiophene rings is 1. The number of benzene rings is 1. The van der Waals surface area contributed by atoms with Crippen molar-refractivity contribution in [2.24, 2.45) is 0 Å². The summed E-state index contributed by atoms with van der Waals surface area (Å²) in [5.41, 5.74) is 0.870. The lowest BCUT2D eigenvalue weighted by atomic mass is 10.3. The Balaban J connectivity index is 2.00. The number of hydrogen-bond donors (Lipinski definition) is 0. The van der Waals surface area contributed by atoms with Gasteiger partial charge in [-0.1, -0.05) is 0 Å². The summed E-state index contributed by atoms with van der Waals surface area (Å²) in [5, 5.41) is 1.96. The SMILES string of the molecule is COc1cc(OC)cc(Oc2ncnc3ccsc23)c1. The van der Waals surface area contributed by atoms with Crippen LogP contribution in [0.15, 0.2) is 36.0 Å². The van der Waals surface area contributed by atoms with Crippen molar-refractivity contribution in [3.63, 3.8) is 0 Å². The summed E-state index contributed by atoms with van der Waals surface area (Å²) >= 11 is 1.54. The van der Waals surface area contributed by atoms with Gasteiger partial charge in [0.25, 0.3) is 0 Å². The zero-order valence-electron chi connectivity index (χ0n) is 11.0. The fourth-order valence-corrected chi connectivity index (χ4v) is 2.56. The zero-order valence-corrected chi connectivity index (χ0v) is 11.8. The van der Waals surface area contributed by atoms with Gasteiger partial charge >= 0.3 is 0 Å². The summed E-state index contributed by atoms with van der Waals surface area (Å²) < 4.78 is 17.2. The predicted octanol–water partition coefficient (Wildman–Crippen LogP) is 3.50. The van der Waals surface area contributed by atoms with Gasteiger partial charge in [0, 0.05) is 18.2 Å². The van der Waals surface area contributed by atoms with Crippen molar-refractivity contribution in [3.8, 4) is 23.1 Å². The maximum Gasteiger partial charge on any atom is 0.240 e. The van der Waals surface area contributed by atoms with E-state index in [4.69, 9.17) is 14.2 Å². The summed E-state index contributed by atoms with van der Waals surface area (Å²) in [4.78, 5) is 8.36. The second-order valence-electron chi connectivity index (χ2n) is 3.96. The minimum atomic E-state index is 0.528. The van der Waals surface area contributed by atoms with Crippen molar-refractivity contribution in [3.05, 3.63) is 36.0 Å². The molecule has 20 heavy (non-hydrogen) atoms. The second-order valence-corrected chi connectivity index (χ2v) is 4.88. The summed E-state index contributed by atoms with van der Waals surface area (Å²) in [6.07, 6.45) is 1.49. The Bertz CT molecular complexity index is 720. The molecule has 0 aliphatic rings. The molecule has 1 aromatic carbocycles. The van der Waals surface area contributed by atoms with E-state index < -0.39 is 0 Å². The fraction of sp³-hybridized carbons (Fsp3) is 0.143. The second kappa shape index (κ2) is 5.34. The van der Waals surface area contributed by atoms with Crippen LogP contribution in [0.2, 0.25) is 0 Å². The number of methoxy groups -OCH3 is 2. The van der Waals surface area contributed by atoms with Crippen molar-refractivity contribution < 1.29 is 14.2 Å². The minimum Gasteiger partial charge on any atom is -0.496 e. The Hall–Kier alpha value is -2.34. The van der Waals surface area contributed by atoms with E-state index in [-0.39, 0.29) is 0 Å². The van der Waals surface area contributed by atoms with Crippen LogP contribution >= 0.6 is 11.3 Å². The van der Waals surface area contributed by atoms with Crippen LogP contribution in [-0.2, 0) is 0 Å². The van der Waals surface area contributed by atoms with E-state index in [9.17, 15) is 0 Å². The van der Waals surface area contributed by atoms with E-state index in [1.807, 2.05) is 11.4 Å². The first kappa shape index (κ1) is 12.7. The van der Waals surface area contributed by atoms with Gasteiger partial charge in [-0.25, -0.2) is 9.97 Å². The fourth-order valence-electron chi connectivity index (χ4n) is 1.79. The number of fused-ring (bicyclic) bond motifs is 1. The number of nitrogens with zero attached hydrogens (tertiary/aromatic N) is 2. The summed E-state index contributed by atoms with van der Waals surface area (Å²) in [7, 11) is 3.20. The third-order valence-electron chi connectivity index (χ3n) is 2.75. The van der Waals surface area contributed by atoms with Gasteiger partial charge in [0.1, 0.15) is 28.3 Å². The molecule has 0 aliphatic heterocycles. The molecule has 0 saturated carbocycles. The average molecular weight is 288 g/mol. The van der Waals surface area contributed by atoms with E-state index in [0.717, 1.165) is 10.2 Å². The normalized spacial score (nSPS) is 10.5. The molecule has 2 heterocycles. The van der Waals surface area contributed by atoms with Crippen LogP contribution in [0.25, 0.3) is 10.2 Å². The average Bonchev–Trinajstić information content (AvgIpc) is 2.96. The van der Waals surface area contributed by atoms with E-state index in [0.29, 0.717) is 23.1 Å². The van der Waals surface area contributed by atoms with Gasteiger partial charge in [0.15, 0.2) is 0 Å². The first-order chi connectivity index (χ1) is 9.80. The Kier molecular flexibility index (Phi) is 3.39. The first-order valence-electron chi connectivity index (χ1n) is 5.89. The maximum absolute atomic E-state index is 5.83. The summed E-state index contributed by atoms with van der Waals surface area (Å²) in [5.74, 6) is 2.46. The van der Waals surface area contributed by atoms with Crippen LogP contribution in [-0.4, -0.2) is 24.2 Å². The van der Waals surface area contributed by atoms with E-state index in [2.05, 4.69) is 9.97 Å². The van der Waals surface area contributed by atoms with E-state index in [1.165, 1.54) is 6.33 Å². The summed E-state index contributed by atoms with van der Waals surface area (Å²) in [6.45, 7) is 0. The van der Waals surface area contributed by atoms with Crippen LogP contribution in [0, 0.1) is 0 Å². The van der Waals surface area contributed by atoms with Crippen molar-refractivity contribution in [2.75, 3.05) is 14.2 Å². The van der Waals surface area contributed by atoms with Gasteiger partial charge in [-0.15, -0.1) is 11.3 Å². The highest BCUT2D eigenvalue weighted by molar-refractivity contribution is 7.17. The lowest BCUT2D eigenvalue weighted by Gasteiger charge is -2.09. The molecule has 2 aromatic heterocycles. The standard InChI is InChI=1S/C14H12N2O3S/c1-17-9-5-10(18-2)7-11(6-9)19-14-13-12(3-4-20-13)15-8-16-14/h3-8H,1-2H3. The highest BCUT2D eigenvalue weighted by Crippen LogP contribution is 2.34. The third kappa shape index (κ3) is 2.37. The molecule has 0 bridgehead atoms. The van der Waals surface area contributed by atoms with Gasteiger partial charge in [0.2, 0.25) is 5.88 Å². The van der Waals surface area contributed by atoms with Crippen molar-refractivity contribution in [1.29, 1.82) is 0 Å². The zero-order chi connectivity index (χ0) is 13.9. The molecular formula is C14H12N2O3S. The Morgan fingerprint density at radius 1 is 0.950 bits per heavy atom. The predicted molar refractivity (Wildman–Crippen MR) is 77.0 cm³/mol. The topological polar surface area (TPSA) is 53.5 Å². The number of ether oxygens (including phenoxy) is 3. The van der Waals surface area contributed by atoms with E-state index >= 15 is 0 Å². The van der Waals surface area contributed by atoms with Gasteiger partial charge in [-0.3, -0.25) is 0 Å². The molecule has 0 radical (unpaired) electrons. The van der Waals surface area contributed by atoms with Crippen molar-refractivity contribution in [1.82, 2.24) is 9.97 Å². The van der Waals surface area contributed by atoms with Crippen LogP contribution in [0.1, 0.15) is 0 Å². The number of aromatic nitrogens is 2. The highest BCUT2D eigenvalue weighted by atomic mass is 32.1. The minimum absolute atomic E-state index is 0.528. The molecule has 0 atom stereocenters. The molecule has 0 amide bonds. The van der Waals surface area contributed by atoms with Crippen LogP contribution in [0.5, 0.6) is 23.1 Å². The van der Waals surface area contributed by atoms with Gasteiger partial charge in [-0.2, -0.15) is 0 Å². The first-order valence-corrected chi connectivity index (χ1v) is 6.77. The lowest BCUT2D eigenvalue weighted by molar-refractivity contribution is 0.385. The highest BCUT2D eigenvalue weighted by Gasteiger charge is 2.09. The van der Waals surface area contributed by atoms with Gasteiger partial charge in [-0.05, 0) is 11.4 Å². The van der Waals surface area contributed by atoms with Crippen molar-refractivity contribution in [2.45, 2.75) is 0 Å². The molecule has 0 fully saturated rings.